The zero-order chi connectivity index (χ0) is 20.1. The van der Waals surface area contributed by atoms with Crippen LogP contribution in [-0.2, 0) is 14.3 Å². The summed E-state index contributed by atoms with van der Waals surface area (Å²) in [6.45, 7) is 6.82. The van der Waals surface area contributed by atoms with Gasteiger partial charge in [-0.15, -0.1) is 0 Å². The number of nitrogens with zero attached hydrogens (tertiary/aromatic N) is 3. The van der Waals surface area contributed by atoms with Crippen molar-refractivity contribution in [2.75, 3.05) is 13.2 Å². The molecule has 9 heteroatoms. The maximum Gasteiger partial charge on any atom is 0.416 e. The van der Waals surface area contributed by atoms with Gasteiger partial charge in [-0.1, -0.05) is 12.1 Å². The number of esters is 1. The lowest BCUT2D eigenvalue weighted by atomic mass is 9.93. The van der Waals surface area contributed by atoms with E-state index in [0.29, 0.717) is 17.1 Å². The van der Waals surface area contributed by atoms with E-state index in [2.05, 4.69) is 4.99 Å². The van der Waals surface area contributed by atoms with Crippen molar-refractivity contribution in [3.05, 3.63) is 51.2 Å². The number of rotatable bonds is 5. The van der Waals surface area contributed by atoms with E-state index >= 15 is 0 Å². The number of carbonyl (C=O) groups is 2. The van der Waals surface area contributed by atoms with Crippen molar-refractivity contribution in [3.63, 3.8) is 0 Å². The molecule has 1 aromatic carbocycles. The number of ether oxygens (including phenoxy) is 2. The van der Waals surface area contributed by atoms with Crippen LogP contribution in [0.1, 0.15) is 39.3 Å². The summed E-state index contributed by atoms with van der Waals surface area (Å²) in [4.78, 5) is 41.3. The molecule has 0 saturated carbocycles. The Labute approximate surface area is 156 Å². The Hall–Kier alpha value is -3.23. The van der Waals surface area contributed by atoms with Crippen molar-refractivity contribution in [3.8, 4) is 0 Å². The van der Waals surface area contributed by atoms with Gasteiger partial charge >= 0.3 is 12.1 Å². The SMILES string of the molecule is CCOC(=O)C1=C(C)N=C(C)N(C(=O)OCC)C1c1cccc([N+](=O)[O-])c1. The zero-order valence-corrected chi connectivity index (χ0v) is 15.6. The molecule has 1 aromatic rings. The second-order valence-electron chi connectivity index (χ2n) is 5.70. The summed E-state index contributed by atoms with van der Waals surface area (Å²) in [6, 6.07) is 4.82. The molecule has 1 aliphatic rings. The number of nitro groups is 1. The zero-order valence-electron chi connectivity index (χ0n) is 15.6. The van der Waals surface area contributed by atoms with Gasteiger partial charge in [0.05, 0.1) is 29.4 Å². The predicted octanol–water partition coefficient (Wildman–Crippen LogP) is 3.36. The fourth-order valence-electron chi connectivity index (χ4n) is 2.89. The maximum absolute atomic E-state index is 12.6. The standard InChI is InChI=1S/C18H21N3O6/c1-5-26-17(22)15-11(3)19-12(4)20(18(23)27-6-2)16(15)13-8-7-9-14(10-13)21(24)25/h7-10,16H,5-6H2,1-4H3. The summed E-state index contributed by atoms with van der Waals surface area (Å²) < 4.78 is 10.2. The minimum absolute atomic E-state index is 0.127. The Kier molecular flexibility index (Phi) is 6.27. The van der Waals surface area contributed by atoms with Crippen molar-refractivity contribution >= 4 is 23.6 Å². The fourth-order valence-corrected chi connectivity index (χ4v) is 2.89. The Morgan fingerprint density at radius 1 is 1.22 bits per heavy atom. The third-order valence-electron chi connectivity index (χ3n) is 3.96. The maximum atomic E-state index is 12.6. The van der Waals surface area contributed by atoms with E-state index in [9.17, 15) is 19.7 Å². The van der Waals surface area contributed by atoms with Gasteiger partial charge in [-0.2, -0.15) is 0 Å². The summed E-state index contributed by atoms with van der Waals surface area (Å²) in [5.41, 5.74) is 0.741. The normalized spacial score (nSPS) is 16.7. The molecule has 0 bridgehead atoms. The topological polar surface area (TPSA) is 111 Å². The van der Waals surface area contributed by atoms with Crippen LogP contribution in [0.25, 0.3) is 0 Å². The number of amidine groups is 1. The number of non-ortho nitro benzene ring substituents is 1. The summed E-state index contributed by atoms with van der Waals surface area (Å²) in [7, 11) is 0. The Bertz CT molecular complexity index is 830. The van der Waals surface area contributed by atoms with Gasteiger partial charge < -0.3 is 9.47 Å². The van der Waals surface area contributed by atoms with Crippen LogP contribution in [0.2, 0.25) is 0 Å². The smallest absolute Gasteiger partial charge is 0.416 e. The minimum atomic E-state index is -0.944. The highest BCUT2D eigenvalue weighted by Gasteiger charge is 2.39. The average molecular weight is 375 g/mol. The number of carbonyl (C=O) groups excluding carboxylic acids is 2. The molecule has 0 spiro atoms. The van der Waals surface area contributed by atoms with Gasteiger partial charge in [0.15, 0.2) is 0 Å². The van der Waals surface area contributed by atoms with Crippen LogP contribution in [0, 0.1) is 10.1 Å². The van der Waals surface area contributed by atoms with Gasteiger partial charge in [0.25, 0.3) is 5.69 Å². The molecular weight excluding hydrogens is 354 g/mol. The highest BCUT2D eigenvalue weighted by atomic mass is 16.6. The fraction of sp³-hybridized carbons (Fsp3) is 0.389. The van der Waals surface area contributed by atoms with Gasteiger partial charge in [0, 0.05) is 12.1 Å². The number of hydrogen-bond acceptors (Lipinski definition) is 7. The van der Waals surface area contributed by atoms with Crippen molar-refractivity contribution in [2.45, 2.75) is 33.7 Å². The quantitative estimate of drug-likeness (QED) is 0.443. The van der Waals surface area contributed by atoms with Crippen molar-refractivity contribution < 1.29 is 24.0 Å². The van der Waals surface area contributed by atoms with E-state index in [-0.39, 0.29) is 24.5 Å². The van der Waals surface area contributed by atoms with Gasteiger partial charge in [0.2, 0.25) is 0 Å². The molecule has 2 rings (SSSR count). The first-order chi connectivity index (χ1) is 12.8. The molecule has 0 saturated heterocycles. The third kappa shape index (κ3) is 4.13. The van der Waals surface area contributed by atoms with E-state index in [4.69, 9.17) is 9.47 Å². The molecule has 1 aliphatic heterocycles. The summed E-state index contributed by atoms with van der Waals surface area (Å²) in [5.74, 6) is -0.326. The van der Waals surface area contributed by atoms with E-state index in [1.807, 2.05) is 0 Å². The third-order valence-corrected chi connectivity index (χ3v) is 3.96. The van der Waals surface area contributed by atoms with Crippen molar-refractivity contribution in [2.24, 2.45) is 4.99 Å². The molecule has 0 aromatic heterocycles. The molecule has 0 N–H and O–H groups in total. The summed E-state index contributed by atoms with van der Waals surface area (Å²) in [5, 5.41) is 11.2. The molecule has 9 nitrogen and oxygen atoms in total. The number of benzene rings is 1. The number of nitro benzene ring substituents is 1. The van der Waals surface area contributed by atoms with Crippen LogP contribution in [0.5, 0.6) is 0 Å². The number of amides is 1. The second-order valence-corrected chi connectivity index (χ2v) is 5.70. The van der Waals surface area contributed by atoms with Gasteiger partial charge in [-0.05, 0) is 33.3 Å². The van der Waals surface area contributed by atoms with Crippen LogP contribution in [0.4, 0.5) is 10.5 Å². The Morgan fingerprint density at radius 2 is 1.89 bits per heavy atom. The van der Waals surface area contributed by atoms with E-state index in [1.165, 1.54) is 23.1 Å². The monoisotopic (exact) mass is 375 g/mol. The number of hydrogen-bond donors (Lipinski definition) is 0. The van der Waals surface area contributed by atoms with Crippen LogP contribution in [0.15, 0.2) is 40.5 Å². The van der Waals surface area contributed by atoms with Gasteiger partial charge in [-0.25, -0.2) is 14.6 Å². The first-order valence-electron chi connectivity index (χ1n) is 8.45. The molecule has 0 aliphatic carbocycles. The average Bonchev–Trinajstić information content (AvgIpc) is 2.61. The molecule has 1 unspecified atom stereocenters. The first kappa shape index (κ1) is 20.1. The van der Waals surface area contributed by atoms with Gasteiger partial charge in [-0.3, -0.25) is 15.0 Å². The summed E-state index contributed by atoms with van der Waals surface area (Å²) >= 11 is 0. The molecule has 144 valence electrons. The molecule has 1 amide bonds. The van der Waals surface area contributed by atoms with Crippen LogP contribution in [0.3, 0.4) is 0 Å². The molecule has 27 heavy (non-hydrogen) atoms. The van der Waals surface area contributed by atoms with Crippen LogP contribution < -0.4 is 0 Å². The van der Waals surface area contributed by atoms with E-state index in [0.717, 1.165) is 0 Å². The van der Waals surface area contributed by atoms with Crippen LogP contribution >= 0.6 is 0 Å². The largest absolute Gasteiger partial charge is 0.463 e. The number of aliphatic imine (C=N–C) groups is 1. The highest BCUT2D eigenvalue weighted by molar-refractivity contribution is 6.01. The molecule has 0 radical (unpaired) electrons. The van der Waals surface area contributed by atoms with Crippen LogP contribution in [-0.4, -0.2) is 40.9 Å². The molecule has 1 heterocycles. The molecule has 1 atom stereocenters. The Morgan fingerprint density at radius 3 is 2.48 bits per heavy atom. The molecule has 0 fully saturated rings. The predicted molar refractivity (Wildman–Crippen MR) is 97.1 cm³/mol. The number of allylic oxidation sites excluding steroid dienone is 1. The van der Waals surface area contributed by atoms with E-state index < -0.39 is 23.0 Å². The first-order valence-corrected chi connectivity index (χ1v) is 8.45. The lowest BCUT2D eigenvalue weighted by Gasteiger charge is -2.35. The highest BCUT2D eigenvalue weighted by Crippen LogP contribution is 2.37. The van der Waals surface area contributed by atoms with Gasteiger partial charge in [0.1, 0.15) is 11.9 Å². The van der Waals surface area contributed by atoms with Crippen molar-refractivity contribution in [1.82, 2.24) is 4.90 Å². The lowest BCUT2D eigenvalue weighted by Crippen LogP contribution is -2.43. The van der Waals surface area contributed by atoms with E-state index in [1.54, 1.807) is 33.8 Å². The second kappa shape index (κ2) is 8.43. The molecular formula is C18H21N3O6. The minimum Gasteiger partial charge on any atom is -0.463 e. The Balaban J connectivity index is 2.67. The van der Waals surface area contributed by atoms with Crippen molar-refractivity contribution in [1.29, 1.82) is 0 Å². The summed E-state index contributed by atoms with van der Waals surface area (Å²) in [6.07, 6.45) is -0.704. The lowest BCUT2D eigenvalue weighted by molar-refractivity contribution is -0.384.